The van der Waals surface area contributed by atoms with Crippen molar-refractivity contribution < 1.29 is 4.74 Å². The average Bonchev–Trinajstić information content (AvgIpc) is 3.25. The first-order valence-electron chi connectivity index (χ1n) is 9.22. The fourth-order valence-corrected chi connectivity index (χ4v) is 4.27. The largest absolute Gasteiger partial charge is 0.381 e. The molecule has 1 N–H and O–H groups in total. The number of hydrogen-bond donors (Lipinski definition) is 1. The highest BCUT2D eigenvalue weighted by atomic mass is 16.5. The molecule has 3 heteroatoms. The predicted octanol–water partition coefficient (Wildman–Crippen LogP) is 3.05. The lowest BCUT2D eigenvalue weighted by molar-refractivity contribution is 0.0819. The summed E-state index contributed by atoms with van der Waals surface area (Å²) in [5, 5.41) is 3.76. The summed E-state index contributed by atoms with van der Waals surface area (Å²) in [6, 6.07) is 1.62. The van der Waals surface area contributed by atoms with Gasteiger partial charge in [-0.15, -0.1) is 0 Å². The fraction of sp³-hybridized carbons (Fsp3) is 1.00. The molecule has 1 atom stereocenters. The van der Waals surface area contributed by atoms with Crippen molar-refractivity contribution in [3.8, 4) is 0 Å². The topological polar surface area (TPSA) is 24.5 Å². The van der Waals surface area contributed by atoms with Crippen LogP contribution in [0.2, 0.25) is 0 Å². The van der Waals surface area contributed by atoms with E-state index < -0.39 is 0 Å². The lowest BCUT2D eigenvalue weighted by Gasteiger charge is -2.39. The molecule has 21 heavy (non-hydrogen) atoms. The van der Waals surface area contributed by atoms with E-state index in [4.69, 9.17) is 4.74 Å². The molecule has 3 fully saturated rings. The Morgan fingerprint density at radius 1 is 1.14 bits per heavy atom. The van der Waals surface area contributed by atoms with Crippen molar-refractivity contribution in [2.45, 2.75) is 70.4 Å². The van der Waals surface area contributed by atoms with Crippen molar-refractivity contribution in [1.82, 2.24) is 10.2 Å². The van der Waals surface area contributed by atoms with Crippen LogP contribution in [0.3, 0.4) is 0 Å². The molecule has 2 saturated carbocycles. The van der Waals surface area contributed by atoms with Gasteiger partial charge >= 0.3 is 0 Å². The van der Waals surface area contributed by atoms with E-state index in [9.17, 15) is 0 Å². The first-order chi connectivity index (χ1) is 10.2. The maximum atomic E-state index is 5.77. The third kappa shape index (κ3) is 4.20. The van der Waals surface area contributed by atoms with Gasteiger partial charge in [-0.25, -0.2) is 0 Å². The van der Waals surface area contributed by atoms with Crippen molar-refractivity contribution >= 4 is 0 Å². The van der Waals surface area contributed by atoms with Gasteiger partial charge in [0, 0.05) is 37.2 Å². The number of nitrogens with zero attached hydrogens (tertiary/aromatic N) is 1. The Morgan fingerprint density at radius 2 is 1.90 bits per heavy atom. The number of hydrogen-bond acceptors (Lipinski definition) is 3. The van der Waals surface area contributed by atoms with E-state index in [-0.39, 0.29) is 0 Å². The Bertz CT molecular complexity index is 315. The van der Waals surface area contributed by atoms with E-state index in [0.29, 0.717) is 5.41 Å². The second-order valence-corrected chi connectivity index (χ2v) is 7.96. The summed E-state index contributed by atoms with van der Waals surface area (Å²) >= 11 is 0. The Balaban J connectivity index is 1.50. The second kappa shape index (κ2) is 6.97. The first-order valence-corrected chi connectivity index (χ1v) is 9.22. The minimum Gasteiger partial charge on any atom is -0.381 e. The summed E-state index contributed by atoms with van der Waals surface area (Å²) in [5.74, 6) is 0.995. The van der Waals surface area contributed by atoms with Gasteiger partial charge in [0.15, 0.2) is 0 Å². The molecule has 1 saturated heterocycles. The van der Waals surface area contributed by atoms with Crippen LogP contribution in [-0.4, -0.2) is 50.3 Å². The van der Waals surface area contributed by atoms with Crippen molar-refractivity contribution in [1.29, 1.82) is 0 Å². The Morgan fingerprint density at radius 3 is 2.48 bits per heavy atom. The second-order valence-electron chi connectivity index (χ2n) is 7.96. The van der Waals surface area contributed by atoms with Gasteiger partial charge < -0.3 is 15.0 Å². The van der Waals surface area contributed by atoms with Crippen LogP contribution in [0.25, 0.3) is 0 Å². The van der Waals surface area contributed by atoms with E-state index in [1.807, 2.05) is 0 Å². The molecular formula is C18H34N2O. The van der Waals surface area contributed by atoms with E-state index in [0.717, 1.165) is 37.8 Å². The molecule has 122 valence electrons. The van der Waals surface area contributed by atoms with Gasteiger partial charge in [-0.1, -0.05) is 13.3 Å². The summed E-state index contributed by atoms with van der Waals surface area (Å²) in [6.45, 7) is 6.65. The average molecular weight is 294 g/mol. The lowest BCUT2D eigenvalue weighted by Crippen LogP contribution is -2.47. The van der Waals surface area contributed by atoms with Crippen LogP contribution in [-0.2, 0) is 4.74 Å². The third-order valence-corrected chi connectivity index (χ3v) is 6.13. The van der Waals surface area contributed by atoms with Crippen LogP contribution in [0.5, 0.6) is 0 Å². The summed E-state index contributed by atoms with van der Waals surface area (Å²) in [5.41, 5.74) is 0.374. The molecule has 1 heterocycles. The van der Waals surface area contributed by atoms with Crippen molar-refractivity contribution in [3.63, 3.8) is 0 Å². The molecule has 0 bridgehead atoms. The normalized spacial score (nSPS) is 37.3. The van der Waals surface area contributed by atoms with Crippen molar-refractivity contribution in [2.24, 2.45) is 11.3 Å². The lowest BCUT2D eigenvalue weighted by atomic mass is 9.82. The monoisotopic (exact) mass is 294 g/mol. The number of rotatable bonds is 7. The van der Waals surface area contributed by atoms with Crippen molar-refractivity contribution in [2.75, 3.05) is 33.4 Å². The molecule has 3 nitrogen and oxygen atoms in total. The van der Waals surface area contributed by atoms with E-state index in [1.54, 1.807) is 0 Å². The third-order valence-electron chi connectivity index (χ3n) is 6.13. The minimum absolute atomic E-state index is 0.374. The van der Waals surface area contributed by atoms with Gasteiger partial charge in [0.2, 0.25) is 0 Å². The van der Waals surface area contributed by atoms with Gasteiger partial charge in [0.25, 0.3) is 0 Å². The van der Waals surface area contributed by atoms with Gasteiger partial charge in [-0.2, -0.15) is 0 Å². The van der Waals surface area contributed by atoms with Crippen LogP contribution in [0.4, 0.5) is 0 Å². The van der Waals surface area contributed by atoms with Crippen LogP contribution >= 0.6 is 0 Å². The Labute approximate surface area is 130 Å². The number of ether oxygens (including phenoxy) is 1. The Hall–Kier alpha value is -0.120. The van der Waals surface area contributed by atoms with Crippen LogP contribution in [0.15, 0.2) is 0 Å². The summed E-state index contributed by atoms with van der Waals surface area (Å²) in [7, 11) is 2.36. The molecule has 0 aromatic heterocycles. The number of nitrogens with one attached hydrogen (secondary N) is 1. The molecular weight excluding hydrogens is 260 g/mol. The van der Waals surface area contributed by atoms with Crippen LogP contribution in [0, 0.1) is 11.3 Å². The maximum Gasteiger partial charge on any atom is 0.0547 e. The van der Waals surface area contributed by atoms with Gasteiger partial charge in [0.05, 0.1) is 6.61 Å². The summed E-state index contributed by atoms with van der Waals surface area (Å²) in [4.78, 5) is 2.66. The first kappa shape index (κ1) is 15.8. The van der Waals surface area contributed by atoms with E-state index >= 15 is 0 Å². The molecule has 0 radical (unpaired) electrons. The Kier molecular flexibility index (Phi) is 5.23. The minimum atomic E-state index is 0.374. The highest BCUT2D eigenvalue weighted by Gasteiger charge is 2.38. The molecule has 0 aromatic carbocycles. The molecule has 1 unspecified atom stereocenters. The van der Waals surface area contributed by atoms with Crippen LogP contribution < -0.4 is 5.32 Å². The predicted molar refractivity (Wildman–Crippen MR) is 87.6 cm³/mol. The van der Waals surface area contributed by atoms with Gasteiger partial charge in [-0.3, -0.25) is 0 Å². The maximum absolute atomic E-state index is 5.77. The molecule has 2 aliphatic carbocycles. The SMILES string of the molecule is CCC1CCC(N(C)CC2(CNC3CC3)CCOC2)CC1. The van der Waals surface area contributed by atoms with Gasteiger partial charge in [-0.05, 0) is 57.9 Å². The van der Waals surface area contributed by atoms with E-state index in [1.165, 1.54) is 57.9 Å². The smallest absolute Gasteiger partial charge is 0.0547 e. The summed E-state index contributed by atoms with van der Waals surface area (Å²) in [6.07, 6.45) is 11.1. The van der Waals surface area contributed by atoms with E-state index in [2.05, 4.69) is 24.2 Å². The highest BCUT2D eigenvalue weighted by molar-refractivity contribution is 4.93. The molecule has 3 rings (SSSR count). The molecule has 0 spiro atoms. The molecule has 0 aromatic rings. The molecule has 0 amide bonds. The molecule has 3 aliphatic rings. The zero-order valence-electron chi connectivity index (χ0n) is 14.1. The van der Waals surface area contributed by atoms with Crippen LogP contribution in [0.1, 0.15) is 58.3 Å². The highest BCUT2D eigenvalue weighted by Crippen LogP contribution is 2.34. The fourth-order valence-electron chi connectivity index (χ4n) is 4.27. The summed E-state index contributed by atoms with van der Waals surface area (Å²) < 4.78 is 5.77. The zero-order valence-corrected chi connectivity index (χ0v) is 14.1. The quantitative estimate of drug-likeness (QED) is 0.781. The zero-order chi connectivity index (χ0) is 14.7. The standard InChI is InChI=1S/C18H34N2O/c1-3-15-4-8-17(9-5-15)20(2)13-18(10-11-21-14-18)12-19-16-6-7-16/h15-17,19H,3-14H2,1-2H3. The van der Waals surface area contributed by atoms with Crippen molar-refractivity contribution in [3.05, 3.63) is 0 Å². The van der Waals surface area contributed by atoms with Gasteiger partial charge in [0.1, 0.15) is 0 Å². The molecule has 1 aliphatic heterocycles.